The molecule has 22 heavy (non-hydrogen) atoms. The first-order valence-corrected chi connectivity index (χ1v) is 7.46. The number of nitriles is 1. The van der Waals surface area contributed by atoms with Crippen LogP contribution in [0.25, 0.3) is 6.08 Å². The number of Topliss-reactive ketones (excluding diaryl/α,β-unsaturated/α-hetero) is 1. The van der Waals surface area contributed by atoms with Gasteiger partial charge in [0.15, 0.2) is 17.3 Å². The first-order chi connectivity index (χ1) is 10.3. The number of allylic oxidation sites excluding steroid dienone is 1. The van der Waals surface area contributed by atoms with E-state index in [-0.39, 0.29) is 11.4 Å². The molecule has 0 atom stereocenters. The molecule has 1 heterocycles. The van der Waals surface area contributed by atoms with Crippen LogP contribution in [0.4, 0.5) is 0 Å². The third kappa shape index (κ3) is 3.61. The first-order valence-electron chi connectivity index (χ1n) is 7.08. The molecule has 1 aliphatic heterocycles. The van der Waals surface area contributed by atoms with E-state index in [9.17, 15) is 10.1 Å². The van der Waals surface area contributed by atoms with Gasteiger partial charge in [-0.2, -0.15) is 5.26 Å². The number of ketones is 1. The molecule has 0 radical (unpaired) electrons. The topological polar surface area (TPSA) is 59.3 Å². The second kappa shape index (κ2) is 6.41. The lowest BCUT2D eigenvalue weighted by atomic mass is 9.86. The Morgan fingerprint density at radius 3 is 2.64 bits per heavy atom. The summed E-state index contributed by atoms with van der Waals surface area (Å²) in [7, 11) is 0. The van der Waals surface area contributed by atoms with Crippen molar-refractivity contribution in [3.63, 3.8) is 0 Å². The SMILES string of the molecule is CC(C)(C)C(=O)/C(C#N)=C/c1cc(Cl)c2c(c1)OCCCO2. The minimum Gasteiger partial charge on any atom is -0.489 e. The molecule has 0 bridgehead atoms. The fourth-order valence-corrected chi connectivity index (χ4v) is 2.33. The van der Waals surface area contributed by atoms with Crippen molar-refractivity contribution in [2.24, 2.45) is 5.41 Å². The molecule has 116 valence electrons. The monoisotopic (exact) mass is 319 g/mol. The summed E-state index contributed by atoms with van der Waals surface area (Å²) in [5, 5.41) is 9.65. The van der Waals surface area contributed by atoms with Gasteiger partial charge in [0, 0.05) is 11.8 Å². The predicted molar refractivity (Wildman–Crippen MR) is 85.1 cm³/mol. The molecule has 0 aromatic heterocycles. The molecular formula is C17H18ClNO3. The second-order valence-electron chi connectivity index (χ2n) is 6.13. The maximum Gasteiger partial charge on any atom is 0.179 e. The van der Waals surface area contributed by atoms with Gasteiger partial charge in [-0.15, -0.1) is 0 Å². The van der Waals surface area contributed by atoms with Crippen LogP contribution < -0.4 is 9.47 Å². The van der Waals surface area contributed by atoms with Crippen LogP contribution in [-0.4, -0.2) is 19.0 Å². The molecule has 1 aromatic carbocycles. The van der Waals surface area contributed by atoms with Crippen molar-refractivity contribution in [2.45, 2.75) is 27.2 Å². The lowest BCUT2D eigenvalue weighted by molar-refractivity contribution is -0.121. The Hall–Kier alpha value is -1.99. The van der Waals surface area contributed by atoms with Crippen molar-refractivity contribution in [3.05, 3.63) is 28.3 Å². The van der Waals surface area contributed by atoms with Crippen LogP contribution in [0.2, 0.25) is 5.02 Å². The number of hydrogen-bond acceptors (Lipinski definition) is 4. The van der Waals surface area contributed by atoms with Gasteiger partial charge in [-0.3, -0.25) is 4.79 Å². The molecule has 5 heteroatoms. The Morgan fingerprint density at radius 2 is 2.00 bits per heavy atom. The predicted octanol–water partition coefficient (Wildman–Crippen LogP) is 4.02. The summed E-state index contributed by atoms with van der Waals surface area (Å²) >= 11 is 6.21. The van der Waals surface area contributed by atoms with Gasteiger partial charge in [0.25, 0.3) is 0 Å². The molecule has 2 rings (SSSR count). The van der Waals surface area contributed by atoms with Crippen LogP contribution in [0, 0.1) is 16.7 Å². The van der Waals surface area contributed by atoms with Gasteiger partial charge in [-0.1, -0.05) is 32.4 Å². The summed E-state index contributed by atoms with van der Waals surface area (Å²) < 4.78 is 11.2. The van der Waals surface area contributed by atoms with Crippen LogP contribution in [0.15, 0.2) is 17.7 Å². The largest absolute Gasteiger partial charge is 0.489 e. The maximum absolute atomic E-state index is 12.2. The minimum absolute atomic E-state index is 0.0954. The van der Waals surface area contributed by atoms with Crippen molar-refractivity contribution in [3.8, 4) is 17.6 Å². The van der Waals surface area contributed by atoms with Gasteiger partial charge < -0.3 is 9.47 Å². The number of rotatable bonds is 2. The van der Waals surface area contributed by atoms with Gasteiger partial charge in [-0.05, 0) is 23.8 Å². The number of ether oxygens (including phenoxy) is 2. The van der Waals surface area contributed by atoms with Crippen molar-refractivity contribution >= 4 is 23.5 Å². The summed E-state index contributed by atoms with van der Waals surface area (Å²) in [5.41, 5.74) is 0.123. The van der Waals surface area contributed by atoms with E-state index in [1.807, 2.05) is 6.07 Å². The van der Waals surface area contributed by atoms with Gasteiger partial charge in [0.05, 0.1) is 23.8 Å². The molecule has 0 aliphatic carbocycles. The molecule has 1 aliphatic rings. The van der Waals surface area contributed by atoms with Crippen molar-refractivity contribution in [2.75, 3.05) is 13.2 Å². The maximum atomic E-state index is 12.2. The van der Waals surface area contributed by atoms with E-state index in [1.165, 1.54) is 6.08 Å². The summed E-state index contributed by atoms with van der Waals surface area (Å²) in [5.74, 6) is 0.840. The molecule has 0 fully saturated rings. The van der Waals surface area contributed by atoms with E-state index in [2.05, 4.69) is 0 Å². The lowest BCUT2D eigenvalue weighted by Gasteiger charge is -2.15. The van der Waals surface area contributed by atoms with E-state index >= 15 is 0 Å². The molecule has 1 aromatic rings. The Kier molecular flexibility index (Phi) is 4.77. The normalized spacial score (nSPS) is 15.0. The highest BCUT2D eigenvalue weighted by Crippen LogP contribution is 2.38. The summed E-state index contributed by atoms with van der Waals surface area (Å²) in [6.07, 6.45) is 2.32. The Bertz CT molecular complexity index is 666. The average Bonchev–Trinajstić information content (AvgIpc) is 2.68. The van der Waals surface area contributed by atoms with Crippen LogP contribution in [0.5, 0.6) is 11.5 Å². The number of nitrogens with zero attached hydrogens (tertiary/aromatic N) is 1. The molecule has 0 spiro atoms. The number of halogens is 1. The highest BCUT2D eigenvalue weighted by molar-refractivity contribution is 6.32. The average molecular weight is 320 g/mol. The fraction of sp³-hybridized carbons (Fsp3) is 0.412. The Balaban J connectivity index is 2.43. The summed E-state index contributed by atoms with van der Waals surface area (Å²) in [4.78, 5) is 12.2. The van der Waals surface area contributed by atoms with Crippen molar-refractivity contribution in [1.82, 2.24) is 0 Å². The van der Waals surface area contributed by atoms with Crippen LogP contribution >= 0.6 is 11.6 Å². The van der Waals surface area contributed by atoms with Crippen molar-refractivity contribution < 1.29 is 14.3 Å². The Labute approximate surface area is 135 Å². The molecule has 0 N–H and O–H groups in total. The quantitative estimate of drug-likeness (QED) is 0.610. The van der Waals surface area contributed by atoms with E-state index in [0.717, 1.165) is 6.42 Å². The highest BCUT2D eigenvalue weighted by atomic mass is 35.5. The van der Waals surface area contributed by atoms with Gasteiger partial charge in [0.2, 0.25) is 0 Å². The zero-order valence-corrected chi connectivity index (χ0v) is 13.7. The van der Waals surface area contributed by atoms with Crippen LogP contribution in [0.3, 0.4) is 0 Å². The highest BCUT2D eigenvalue weighted by Gasteiger charge is 2.25. The number of fused-ring (bicyclic) bond motifs is 1. The molecular weight excluding hydrogens is 302 g/mol. The lowest BCUT2D eigenvalue weighted by Crippen LogP contribution is -2.21. The number of carbonyl (C=O) groups excluding carboxylic acids is 1. The standard InChI is InChI=1S/C17H18ClNO3/c1-17(2,3)16(20)12(10-19)7-11-8-13(18)15-14(9-11)21-5-4-6-22-15/h7-9H,4-6H2,1-3H3/b12-7+. The minimum atomic E-state index is -0.614. The van der Waals surface area contributed by atoms with E-state index in [1.54, 1.807) is 32.9 Å². The molecule has 0 unspecified atom stereocenters. The number of benzene rings is 1. The second-order valence-corrected chi connectivity index (χ2v) is 6.54. The Morgan fingerprint density at radius 1 is 1.32 bits per heavy atom. The molecule has 4 nitrogen and oxygen atoms in total. The third-order valence-electron chi connectivity index (χ3n) is 3.18. The third-order valence-corrected chi connectivity index (χ3v) is 3.46. The zero-order chi connectivity index (χ0) is 16.3. The molecule has 0 saturated carbocycles. The van der Waals surface area contributed by atoms with E-state index < -0.39 is 5.41 Å². The van der Waals surface area contributed by atoms with E-state index in [4.69, 9.17) is 21.1 Å². The fourth-order valence-electron chi connectivity index (χ4n) is 2.05. The number of hydrogen-bond donors (Lipinski definition) is 0. The van der Waals surface area contributed by atoms with Gasteiger partial charge in [-0.25, -0.2) is 0 Å². The van der Waals surface area contributed by atoms with Gasteiger partial charge in [0.1, 0.15) is 6.07 Å². The summed E-state index contributed by atoms with van der Waals surface area (Å²) in [6.45, 7) is 6.43. The first kappa shape index (κ1) is 16.4. The smallest absolute Gasteiger partial charge is 0.179 e. The van der Waals surface area contributed by atoms with E-state index in [0.29, 0.717) is 35.3 Å². The van der Waals surface area contributed by atoms with Gasteiger partial charge >= 0.3 is 0 Å². The van der Waals surface area contributed by atoms with Crippen LogP contribution in [0.1, 0.15) is 32.8 Å². The molecule has 0 amide bonds. The zero-order valence-electron chi connectivity index (χ0n) is 12.9. The summed E-state index contributed by atoms with van der Waals surface area (Å²) in [6, 6.07) is 5.37. The molecule has 0 saturated heterocycles. The number of carbonyl (C=O) groups is 1. The van der Waals surface area contributed by atoms with Crippen molar-refractivity contribution in [1.29, 1.82) is 5.26 Å². The van der Waals surface area contributed by atoms with Crippen LogP contribution in [-0.2, 0) is 4.79 Å².